The summed E-state index contributed by atoms with van der Waals surface area (Å²) in [6.07, 6.45) is 5.44. The molecule has 5 rings (SSSR count). The molecule has 9 nitrogen and oxygen atoms in total. The van der Waals surface area contributed by atoms with Crippen LogP contribution in [0.15, 0.2) is 73.2 Å². The minimum absolute atomic E-state index is 0.369. The summed E-state index contributed by atoms with van der Waals surface area (Å²) in [5, 5.41) is 4.24. The van der Waals surface area contributed by atoms with E-state index >= 15 is 0 Å². The van der Waals surface area contributed by atoms with Crippen LogP contribution in [-0.2, 0) is 7.05 Å². The molecule has 0 saturated heterocycles. The minimum atomic E-state index is 0.369. The Kier molecular flexibility index (Phi) is 6.55. The van der Waals surface area contributed by atoms with Crippen molar-refractivity contribution in [3.8, 4) is 34.6 Å². The quantitative estimate of drug-likeness (QED) is 0.352. The Bertz CT molecular complexity index is 1610. The van der Waals surface area contributed by atoms with Gasteiger partial charge in [0.05, 0.1) is 49.9 Å². The van der Waals surface area contributed by atoms with E-state index in [0.29, 0.717) is 29.6 Å². The van der Waals surface area contributed by atoms with Crippen molar-refractivity contribution < 1.29 is 9.47 Å². The second-order valence-electron chi connectivity index (χ2n) is 8.24. The number of aryl methyl sites for hydroxylation is 1. The SMILES string of the molecule is COc1cc(OC)cc(N(CC#Cc2cccc(N)n2)c2ccc3ncc(-c4cnn(C)c4)nc3c2)c1. The topological polar surface area (TPSA) is 104 Å². The van der Waals surface area contributed by atoms with Gasteiger partial charge >= 0.3 is 0 Å². The molecule has 37 heavy (non-hydrogen) atoms. The highest BCUT2D eigenvalue weighted by Gasteiger charge is 2.14. The Morgan fingerprint density at radius 1 is 0.919 bits per heavy atom. The van der Waals surface area contributed by atoms with Crippen LogP contribution in [0.25, 0.3) is 22.3 Å². The molecule has 0 saturated carbocycles. The van der Waals surface area contributed by atoms with Gasteiger partial charge in [0.25, 0.3) is 0 Å². The number of nitrogens with zero attached hydrogens (tertiary/aromatic N) is 6. The smallest absolute Gasteiger partial charge is 0.124 e. The van der Waals surface area contributed by atoms with Crippen LogP contribution in [0.1, 0.15) is 5.69 Å². The van der Waals surface area contributed by atoms with Gasteiger partial charge in [0, 0.05) is 48.4 Å². The molecule has 2 aromatic carbocycles. The number of hydrogen-bond acceptors (Lipinski definition) is 8. The van der Waals surface area contributed by atoms with Crippen LogP contribution in [0.3, 0.4) is 0 Å². The Morgan fingerprint density at radius 3 is 2.43 bits per heavy atom. The summed E-state index contributed by atoms with van der Waals surface area (Å²) in [4.78, 5) is 15.8. The molecule has 0 aliphatic carbocycles. The van der Waals surface area contributed by atoms with Crippen LogP contribution in [0, 0.1) is 11.8 Å². The van der Waals surface area contributed by atoms with E-state index < -0.39 is 0 Å². The van der Waals surface area contributed by atoms with Crippen molar-refractivity contribution in [1.29, 1.82) is 0 Å². The summed E-state index contributed by atoms with van der Waals surface area (Å²) >= 11 is 0. The molecule has 184 valence electrons. The number of fused-ring (bicyclic) bond motifs is 1. The van der Waals surface area contributed by atoms with Gasteiger partial charge in [-0.15, -0.1) is 0 Å². The first kappa shape index (κ1) is 23.6. The molecule has 0 aliphatic heterocycles. The molecule has 0 fully saturated rings. The fourth-order valence-corrected chi connectivity index (χ4v) is 3.87. The zero-order chi connectivity index (χ0) is 25.8. The van der Waals surface area contributed by atoms with Gasteiger partial charge in [-0.05, 0) is 36.3 Å². The molecule has 0 unspecified atom stereocenters. The van der Waals surface area contributed by atoms with Crippen molar-refractivity contribution in [2.45, 2.75) is 0 Å². The Labute approximate surface area is 214 Å². The lowest BCUT2D eigenvalue weighted by molar-refractivity contribution is 0.394. The zero-order valence-corrected chi connectivity index (χ0v) is 20.7. The van der Waals surface area contributed by atoms with E-state index in [4.69, 9.17) is 20.2 Å². The van der Waals surface area contributed by atoms with Crippen LogP contribution < -0.4 is 20.1 Å². The number of pyridine rings is 1. The van der Waals surface area contributed by atoms with Gasteiger partial charge in [-0.1, -0.05) is 12.0 Å². The highest BCUT2D eigenvalue weighted by Crippen LogP contribution is 2.34. The normalized spacial score (nSPS) is 10.6. The number of nitrogen functional groups attached to an aromatic ring is 1. The van der Waals surface area contributed by atoms with Crippen LogP contribution in [0.4, 0.5) is 17.2 Å². The van der Waals surface area contributed by atoms with Crippen molar-refractivity contribution in [3.63, 3.8) is 0 Å². The number of anilines is 3. The van der Waals surface area contributed by atoms with Crippen LogP contribution in [0.5, 0.6) is 11.5 Å². The second kappa shape index (κ2) is 10.3. The molecule has 9 heteroatoms. The average Bonchev–Trinajstić information content (AvgIpc) is 3.36. The Morgan fingerprint density at radius 2 is 1.73 bits per heavy atom. The number of benzene rings is 2. The highest BCUT2D eigenvalue weighted by atomic mass is 16.5. The summed E-state index contributed by atoms with van der Waals surface area (Å²) < 4.78 is 12.8. The highest BCUT2D eigenvalue weighted by molar-refractivity contribution is 5.83. The summed E-state index contributed by atoms with van der Waals surface area (Å²) in [6.45, 7) is 0.369. The first-order valence-electron chi connectivity index (χ1n) is 11.5. The van der Waals surface area contributed by atoms with Gasteiger partial charge < -0.3 is 20.1 Å². The van der Waals surface area contributed by atoms with Gasteiger partial charge in [-0.3, -0.25) is 9.67 Å². The summed E-state index contributed by atoms with van der Waals surface area (Å²) in [7, 11) is 5.12. The largest absolute Gasteiger partial charge is 0.497 e. The number of ether oxygens (including phenoxy) is 2. The number of nitrogens with two attached hydrogens (primary N) is 1. The third-order valence-corrected chi connectivity index (χ3v) is 5.71. The molecule has 3 aromatic heterocycles. The van der Waals surface area contributed by atoms with E-state index in [1.807, 2.05) is 61.8 Å². The summed E-state index contributed by atoms with van der Waals surface area (Å²) in [6, 6.07) is 17.0. The molecule has 0 atom stereocenters. The van der Waals surface area contributed by atoms with Gasteiger partial charge in [-0.2, -0.15) is 5.10 Å². The lowest BCUT2D eigenvalue weighted by atomic mass is 10.2. The molecule has 0 bridgehead atoms. The van der Waals surface area contributed by atoms with Gasteiger partial charge in [0.15, 0.2) is 0 Å². The number of methoxy groups -OCH3 is 2. The molecule has 0 radical (unpaired) electrons. The van der Waals surface area contributed by atoms with Crippen molar-refractivity contribution >= 4 is 28.2 Å². The fourth-order valence-electron chi connectivity index (χ4n) is 3.87. The summed E-state index contributed by atoms with van der Waals surface area (Å²) in [5.41, 5.74) is 11.3. The van der Waals surface area contributed by atoms with E-state index in [-0.39, 0.29) is 0 Å². The van der Waals surface area contributed by atoms with E-state index in [1.54, 1.807) is 37.4 Å². The predicted octanol–water partition coefficient (Wildman–Crippen LogP) is 4.21. The Hall–Kier alpha value is -5.10. The average molecular weight is 492 g/mol. The molecular weight excluding hydrogens is 466 g/mol. The first-order valence-corrected chi connectivity index (χ1v) is 11.5. The standard InChI is InChI=1S/C28H25N7O2/c1-34-18-19(16-31-34)27-17-30-25-10-9-21(14-26(25)33-27)35(11-5-7-20-6-4-8-28(29)32-20)22-12-23(36-2)15-24(13-22)37-3/h4,6,8-10,12-18H,11H2,1-3H3,(H2,29,32). The van der Waals surface area contributed by atoms with Crippen LogP contribution >= 0.6 is 0 Å². The molecule has 5 aromatic rings. The summed E-state index contributed by atoms with van der Waals surface area (Å²) in [5.74, 6) is 8.09. The van der Waals surface area contributed by atoms with E-state index in [2.05, 4.69) is 31.8 Å². The maximum Gasteiger partial charge on any atom is 0.124 e. The monoisotopic (exact) mass is 491 g/mol. The van der Waals surface area contributed by atoms with E-state index in [9.17, 15) is 0 Å². The second-order valence-corrected chi connectivity index (χ2v) is 8.24. The maximum atomic E-state index is 5.81. The van der Waals surface area contributed by atoms with E-state index in [1.165, 1.54) is 0 Å². The number of hydrogen-bond donors (Lipinski definition) is 1. The maximum absolute atomic E-state index is 5.81. The third kappa shape index (κ3) is 5.28. The zero-order valence-electron chi connectivity index (χ0n) is 20.7. The number of aromatic nitrogens is 5. The van der Waals surface area contributed by atoms with Crippen molar-refractivity contribution in [1.82, 2.24) is 24.7 Å². The molecule has 0 amide bonds. The predicted molar refractivity (Wildman–Crippen MR) is 144 cm³/mol. The van der Waals surface area contributed by atoms with Crippen molar-refractivity contribution in [2.75, 3.05) is 31.4 Å². The van der Waals surface area contributed by atoms with Gasteiger partial charge in [0.1, 0.15) is 23.0 Å². The first-order chi connectivity index (χ1) is 18.0. The number of rotatable bonds is 6. The van der Waals surface area contributed by atoms with Crippen LogP contribution in [-0.4, -0.2) is 45.5 Å². The third-order valence-electron chi connectivity index (χ3n) is 5.71. The molecule has 0 aliphatic rings. The molecule has 0 spiro atoms. The lowest BCUT2D eigenvalue weighted by Crippen LogP contribution is -2.17. The molecular formula is C28H25N7O2. The minimum Gasteiger partial charge on any atom is -0.497 e. The van der Waals surface area contributed by atoms with E-state index in [0.717, 1.165) is 33.7 Å². The van der Waals surface area contributed by atoms with Gasteiger partial charge in [-0.25, -0.2) is 9.97 Å². The molecule has 3 heterocycles. The van der Waals surface area contributed by atoms with Gasteiger partial charge in [0.2, 0.25) is 0 Å². The van der Waals surface area contributed by atoms with Crippen LogP contribution in [0.2, 0.25) is 0 Å². The fraction of sp³-hybridized carbons (Fsp3) is 0.143. The lowest BCUT2D eigenvalue weighted by Gasteiger charge is -2.24. The van der Waals surface area contributed by atoms with Crippen molar-refractivity contribution in [2.24, 2.45) is 7.05 Å². The Balaban J connectivity index is 1.58. The van der Waals surface area contributed by atoms with Crippen molar-refractivity contribution in [3.05, 3.63) is 78.9 Å². The molecule has 2 N–H and O–H groups in total.